The fraction of sp³-hybridized carbons (Fsp3) is 0. The molecular formula is C8H5N2NaO2. The van der Waals surface area contributed by atoms with E-state index in [-0.39, 0.29) is 35.1 Å². The van der Waals surface area contributed by atoms with Crippen molar-refractivity contribution in [2.45, 2.75) is 0 Å². The van der Waals surface area contributed by atoms with Gasteiger partial charge in [0.05, 0.1) is 11.6 Å². The second kappa shape index (κ2) is 5.73. The summed E-state index contributed by atoms with van der Waals surface area (Å²) in [6.45, 7) is 0. The monoisotopic (exact) mass is 184 g/mol. The van der Waals surface area contributed by atoms with E-state index >= 15 is 0 Å². The second-order valence-electron chi connectivity index (χ2n) is 2.12. The molecule has 1 amide bonds. The van der Waals surface area contributed by atoms with Crippen LogP contribution < -0.4 is 35.0 Å². The summed E-state index contributed by atoms with van der Waals surface area (Å²) < 4.78 is 0. The first-order valence-electron chi connectivity index (χ1n) is 3.20. The number of hydrogen-bond acceptors (Lipinski definition) is 3. The Balaban J connectivity index is 0.00000144. The quantitative estimate of drug-likeness (QED) is 0.397. The van der Waals surface area contributed by atoms with Crippen molar-refractivity contribution in [2.75, 3.05) is 0 Å². The summed E-state index contributed by atoms with van der Waals surface area (Å²) in [7, 11) is 0. The Hall–Kier alpha value is -0.860. The fourth-order valence-electron chi connectivity index (χ4n) is 0.755. The van der Waals surface area contributed by atoms with Crippen molar-refractivity contribution in [1.82, 2.24) is 5.48 Å². The summed E-state index contributed by atoms with van der Waals surface area (Å²) in [6, 6.07) is 7.70. The largest absolute Gasteiger partial charge is 1.00 e. The molecule has 0 saturated heterocycles. The van der Waals surface area contributed by atoms with Gasteiger partial charge in [0.15, 0.2) is 0 Å². The van der Waals surface area contributed by atoms with Gasteiger partial charge in [-0.3, -0.25) is 4.79 Å². The number of rotatable bonds is 1. The molecule has 0 radical (unpaired) electrons. The first-order chi connectivity index (χ1) is 5.77. The van der Waals surface area contributed by atoms with E-state index in [0.717, 1.165) is 0 Å². The van der Waals surface area contributed by atoms with E-state index in [0.29, 0.717) is 5.56 Å². The second-order valence-corrected chi connectivity index (χ2v) is 2.12. The van der Waals surface area contributed by atoms with Crippen LogP contribution in [0.1, 0.15) is 15.9 Å². The van der Waals surface area contributed by atoms with Crippen LogP contribution in [0.25, 0.3) is 0 Å². The van der Waals surface area contributed by atoms with Crippen LogP contribution in [-0.2, 0) is 0 Å². The molecular weight excluding hydrogens is 179 g/mol. The molecule has 0 bridgehead atoms. The third-order valence-corrected chi connectivity index (χ3v) is 1.37. The van der Waals surface area contributed by atoms with Crippen molar-refractivity contribution in [3.63, 3.8) is 0 Å². The van der Waals surface area contributed by atoms with E-state index in [2.05, 4.69) is 0 Å². The Labute approximate surface area is 97.4 Å². The number of benzene rings is 1. The van der Waals surface area contributed by atoms with Crippen LogP contribution in [0.5, 0.6) is 0 Å². The SMILES string of the molecule is N#Cc1ccc(C(=O)N[O-])cc1.[Na+]. The predicted octanol–water partition coefficient (Wildman–Crippen LogP) is -2.21. The van der Waals surface area contributed by atoms with E-state index in [1.54, 1.807) is 0 Å². The number of carbonyl (C=O) groups excluding carboxylic acids is 1. The maximum Gasteiger partial charge on any atom is 1.00 e. The van der Waals surface area contributed by atoms with Gasteiger partial charge in [-0.1, -0.05) is 0 Å². The summed E-state index contributed by atoms with van der Waals surface area (Å²) in [5.41, 5.74) is 1.96. The molecule has 0 spiro atoms. The molecule has 0 aliphatic carbocycles. The van der Waals surface area contributed by atoms with Gasteiger partial charge < -0.3 is 10.7 Å². The van der Waals surface area contributed by atoms with E-state index in [1.165, 1.54) is 29.7 Å². The van der Waals surface area contributed by atoms with Gasteiger partial charge >= 0.3 is 29.6 Å². The molecule has 5 heteroatoms. The zero-order valence-corrected chi connectivity index (χ0v) is 9.07. The van der Waals surface area contributed by atoms with Crippen molar-refractivity contribution in [2.24, 2.45) is 0 Å². The van der Waals surface area contributed by atoms with Gasteiger partial charge in [0.1, 0.15) is 0 Å². The molecule has 0 fully saturated rings. The summed E-state index contributed by atoms with van der Waals surface area (Å²) in [6.07, 6.45) is 0. The molecule has 1 aromatic carbocycles. The molecule has 1 rings (SSSR count). The molecule has 0 aromatic heterocycles. The molecule has 0 unspecified atom stereocenters. The van der Waals surface area contributed by atoms with Gasteiger partial charge in [-0.2, -0.15) is 5.26 Å². The van der Waals surface area contributed by atoms with Crippen LogP contribution in [0.3, 0.4) is 0 Å². The number of hydrogen-bond donors (Lipinski definition) is 1. The smallest absolute Gasteiger partial charge is 0.759 e. The van der Waals surface area contributed by atoms with Crippen molar-refractivity contribution >= 4 is 5.91 Å². The van der Waals surface area contributed by atoms with Gasteiger partial charge in [0.2, 0.25) is 5.91 Å². The van der Waals surface area contributed by atoms with E-state index < -0.39 is 5.91 Å². The Morgan fingerprint density at radius 3 is 2.31 bits per heavy atom. The van der Waals surface area contributed by atoms with Crippen molar-refractivity contribution in [1.29, 1.82) is 5.26 Å². The fourth-order valence-corrected chi connectivity index (χ4v) is 0.755. The number of hydroxylamine groups is 1. The molecule has 0 aliphatic heterocycles. The molecule has 0 saturated carbocycles. The Morgan fingerprint density at radius 2 is 1.92 bits per heavy atom. The van der Waals surface area contributed by atoms with Gasteiger partial charge in [-0.25, -0.2) is 0 Å². The molecule has 1 aromatic rings. The normalized spacial score (nSPS) is 8.00. The maximum absolute atomic E-state index is 10.7. The van der Waals surface area contributed by atoms with Crippen molar-refractivity contribution in [3.05, 3.63) is 40.6 Å². The van der Waals surface area contributed by atoms with Crippen LogP contribution in [0, 0.1) is 16.5 Å². The van der Waals surface area contributed by atoms with Crippen LogP contribution in [0.15, 0.2) is 24.3 Å². The van der Waals surface area contributed by atoms with Crippen LogP contribution in [-0.4, -0.2) is 5.91 Å². The molecule has 4 nitrogen and oxygen atoms in total. The molecule has 13 heavy (non-hydrogen) atoms. The Bertz CT molecular complexity index is 329. The molecule has 0 heterocycles. The molecule has 0 atom stereocenters. The summed E-state index contributed by atoms with van der Waals surface area (Å²) >= 11 is 0. The van der Waals surface area contributed by atoms with Gasteiger partial charge in [-0.15, -0.1) is 0 Å². The number of nitriles is 1. The maximum atomic E-state index is 10.7. The number of carbonyl (C=O) groups is 1. The van der Waals surface area contributed by atoms with Gasteiger partial charge in [0.25, 0.3) is 0 Å². The summed E-state index contributed by atoms with van der Waals surface area (Å²) in [4.78, 5) is 10.7. The minimum absolute atomic E-state index is 0. The zero-order chi connectivity index (χ0) is 8.97. The minimum Gasteiger partial charge on any atom is -0.759 e. The standard InChI is InChI=1S/C8H5N2O2.Na/c9-5-6-1-3-7(4-2-6)8(11)10-12;/h1-4H,(H-,10,11,12);/q-1;+1. The predicted molar refractivity (Wildman–Crippen MR) is 42.0 cm³/mol. The number of nitrogens with zero attached hydrogens (tertiary/aromatic N) is 1. The van der Waals surface area contributed by atoms with E-state index in [4.69, 9.17) is 5.26 Å². The van der Waals surface area contributed by atoms with Crippen LogP contribution in [0.2, 0.25) is 0 Å². The minimum atomic E-state index is -0.695. The summed E-state index contributed by atoms with van der Waals surface area (Å²) in [5, 5.41) is 18.3. The van der Waals surface area contributed by atoms with E-state index in [1.807, 2.05) is 6.07 Å². The average Bonchev–Trinajstić information content (AvgIpc) is 2.17. The Kier molecular flexibility index (Phi) is 5.35. The number of amides is 1. The molecule has 60 valence electrons. The Morgan fingerprint density at radius 1 is 1.38 bits per heavy atom. The third-order valence-electron chi connectivity index (χ3n) is 1.37. The molecule has 0 aliphatic rings. The van der Waals surface area contributed by atoms with Crippen molar-refractivity contribution < 1.29 is 34.4 Å². The van der Waals surface area contributed by atoms with Gasteiger partial charge in [-0.05, 0) is 24.3 Å². The zero-order valence-electron chi connectivity index (χ0n) is 7.07. The van der Waals surface area contributed by atoms with Gasteiger partial charge in [0, 0.05) is 5.56 Å². The van der Waals surface area contributed by atoms with Crippen molar-refractivity contribution in [3.8, 4) is 6.07 Å². The van der Waals surface area contributed by atoms with Crippen LogP contribution >= 0.6 is 0 Å². The third kappa shape index (κ3) is 3.17. The van der Waals surface area contributed by atoms with E-state index in [9.17, 15) is 10.0 Å². The molecule has 1 N–H and O–H groups in total. The summed E-state index contributed by atoms with van der Waals surface area (Å²) in [5.74, 6) is -0.695. The first kappa shape index (κ1) is 12.1. The number of nitrogens with one attached hydrogen (secondary N) is 1. The topological polar surface area (TPSA) is 76.0 Å². The van der Waals surface area contributed by atoms with Crippen LogP contribution in [0.4, 0.5) is 0 Å². The first-order valence-corrected chi connectivity index (χ1v) is 3.20. The average molecular weight is 184 g/mol.